The molecule has 4 heteroatoms. The Bertz CT molecular complexity index is 514. The molecule has 1 aromatic carbocycles. The number of pyridine rings is 1. The third kappa shape index (κ3) is 2.39. The Hall–Kier alpha value is -1.00. The fourth-order valence-corrected chi connectivity index (χ4v) is 2.65. The zero-order valence-corrected chi connectivity index (χ0v) is 11.2. The maximum atomic E-state index is 5.89. The van der Waals surface area contributed by atoms with Crippen molar-refractivity contribution in [1.29, 1.82) is 0 Å². The number of para-hydroxylation sites is 1. The van der Waals surface area contributed by atoms with Crippen LogP contribution in [0.3, 0.4) is 0 Å². The van der Waals surface area contributed by atoms with E-state index in [-0.39, 0.29) is 0 Å². The van der Waals surface area contributed by atoms with Gasteiger partial charge in [-0.1, -0.05) is 23.9 Å². The predicted molar refractivity (Wildman–Crippen MR) is 71.7 cm³/mol. The molecule has 0 radical (unpaired) electrons. The monoisotopic (exact) mass is 294 g/mol. The van der Waals surface area contributed by atoms with E-state index in [1.165, 1.54) is 5.56 Å². The first-order valence-electron chi connectivity index (χ1n) is 4.82. The Morgan fingerprint density at radius 3 is 2.75 bits per heavy atom. The van der Waals surface area contributed by atoms with Crippen molar-refractivity contribution in [2.45, 2.75) is 16.8 Å². The second kappa shape index (κ2) is 4.89. The Balaban J connectivity index is 2.35. The molecule has 0 amide bonds. The average Bonchev–Trinajstić information content (AvgIpc) is 2.28. The van der Waals surface area contributed by atoms with Crippen molar-refractivity contribution in [3.63, 3.8) is 0 Å². The zero-order chi connectivity index (χ0) is 11.5. The third-order valence-electron chi connectivity index (χ3n) is 2.18. The second-order valence-corrected chi connectivity index (χ2v) is 5.21. The van der Waals surface area contributed by atoms with Crippen molar-refractivity contribution in [2.24, 2.45) is 0 Å². The van der Waals surface area contributed by atoms with Gasteiger partial charge in [-0.2, -0.15) is 0 Å². The van der Waals surface area contributed by atoms with Gasteiger partial charge in [0.2, 0.25) is 0 Å². The van der Waals surface area contributed by atoms with Crippen LogP contribution in [-0.2, 0) is 0 Å². The number of nitrogens with zero attached hydrogens (tertiary/aromatic N) is 1. The summed E-state index contributed by atoms with van der Waals surface area (Å²) in [6.07, 6.45) is 1.81. The lowest BCUT2D eigenvalue weighted by Crippen LogP contribution is -1.89. The molecule has 0 spiro atoms. The molecular formula is C12H11BrN2S. The smallest absolute Gasteiger partial charge is 0.115 e. The number of benzene rings is 1. The molecule has 0 atom stereocenters. The first kappa shape index (κ1) is 11.5. The molecule has 2 N–H and O–H groups in total. The number of aryl methyl sites for hydroxylation is 1. The molecule has 16 heavy (non-hydrogen) atoms. The summed E-state index contributed by atoms with van der Waals surface area (Å²) in [7, 11) is 0. The van der Waals surface area contributed by atoms with Gasteiger partial charge in [0.15, 0.2) is 0 Å². The predicted octanol–water partition coefficient (Wildman–Crippen LogP) is 3.89. The lowest BCUT2D eigenvalue weighted by Gasteiger charge is -2.07. The number of nitrogen functional groups attached to an aromatic ring is 1. The molecule has 2 aromatic rings. The van der Waals surface area contributed by atoms with Crippen LogP contribution in [0.1, 0.15) is 5.56 Å². The highest BCUT2D eigenvalue weighted by Crippen LogP contribution is 2.35. The van der Waals surface area contributed by atoms with Crippen molar-refractivity contribution < 1.29 is 0 Å². The maximum absolute atomic E-state index is 5.89. The summed E-state index contributed by atoms with van der Waals surface area (Å²) in [6, 6.07) is 9.77. The van der Waals surface area contributed by atoms with E-state index in [4.69, 9.17) is 5.73 Å². The van der Waals surface area contributed by atoms with Crippen LogP contribution in [0.5, 0.6) is 0 Å². The quantitative estimate of drug-likeness (QED) is 0.854. The van der Waals surface area contributed by atoms with Gasteiger partial charge in [0.25, 0.3) is 0 Å². The number of hydrogen-bond acceptors (Lipinski definition) is 3. The maximum Gasteiger partial charge on any atom is 0.115 e. The van der Waals surface area contributed by atoms with E-state index in [9.17, 15) is 0 Å². The van der Waals surface area contributed by atoms with Gasteiger partial charge in [-0.15, -0.1) is 0 Å². The summed E-state index contributed by atoms with van der Waals surface area (Å²) in [5.41, 5.74) is 7.85. The highest BCUT2D eigenvalue weighted by atomic mass is 79.9. The van der Waals surface area contributed by atoms with Gasteiger partial charge in [-0.3, -0.25) is 0 Å². The van der Waals surface area contributed by atoms with E-state index in [0.717, 1.165) is 20.1 Å². The lowest BCUT2D eigenvalue weighted by molar-refractivity contribution is 1.08. The lowest BCUT2D eigenvalue weighted by atomic mass is 10.3. The van der Waals surface area contributed by atoms with E-state index in [0.29, 0.717) is 0 Å². The molecule has 1 aromatic heterocycles. The minimum absolute atomic E-state index is 0.780. The van der Waals surface area contributed by atoms with Gasteiger partial charge in [0, 0.05) is 16.8 Å². The Labute approximate surface area is 107 Å². The highest BCUT2D eigenvalue weighted by Gasteiger charge is 2.07. The van der Waals surface area contributed by atoms with E-state index >= 15 is 0 Å². The Kier molecular flexibility index (Phi) is 3.51. The van der Waals surface area contributed by atoms with Crippen molar-refractivity contribution in [3.05, 3.63) is 46.6 Å². The minimum atomic E-state index is 0.780. The summed E-state index contributed by atoms with van der Waals surface area (Å²) >= 11 is 5.11. The van der Waals surface area contributed by atoms with Gasteiger partial charge >= 0.3 is 0 Å². The number of anilines is 1. The standard InChI is InChI=1S/C12H11BrN2S/c1-8-6-7-15-12(11(8)13)16-10-5-3-2-4-9(10)14/h2-7H,14H2,1H3. The van der Waals surface area contributed by atoms with Gasteiger partial charge in [-0.25, -0.2) is 4.98 Å². The number of hydrogen-bond donors (Lipinski definition) is 1. The zero-order valence-electron chi connectivity index (χ0n) is 8.77. The van der Waals surface area contributed by atoms with Crippen LogP contribution in [0.25, 0.3) is 0 Å². The number of aromatic nitrogens is 1. The molecule has 2 nitrogen and oxygen atoms in total. The average molecular weight is 295 g/mol. The molecule has 0 fully saturated rings. The molecular weight excluding hydrogens is 284 g/mol. The third-order valence-corrected chi connectivity index (χ3v) is 4.53. The molecule has 0 saturated heterocycles. The van der Waals surface area contributed by atoms with Gasteiger partial charge in [-0.05, 0) is 46.6 Å². The summed E-state index contributed by atoms with van der Waals surface area (Å²) in [6.45, 7) is 2.05. The first-order chi connectivity index (χ1) is 7.68. The molecule has 1 heterocycles. The molecule has 0 aliphatic heterocycles. The molecule has 0 aliphatic carbocycles. The van der Waals surface area contributed by atoms with Gasteiger partial charge < -0.3 is 5.73 Å². The Morgan fingerprint density at radius 1 is 1.25 bits per heavy atom. The van der Waals surface area contributed by atoms with E-state index in [1.807, 2.05) is 43.5 Å². The van der Waals surface area contributed by atoms with Crippen LogP contribution in [-0.4, -0.2) is 4.98 Å². The minimum Gasteiger partial charge on any atom is -0.398 e. The fraction of sp³-hybridized carbons (Fsp3) is 0.0833. The van der Waals surface area contributed by atoms with Crippen LogP contribution in [0.15, 0.2) is 50.9 Å². The molecule has 0 aliphatic rings. The van der Waals surface area contributed by atoms with Crippen molar-refractivity contribution in [3.8, 4) is 0 Å². The molecule has 82 valence electrons. The first-order valence-corrected chi connectivity index (χ1v) is 6.43. The molecule has 0 unspecified atom stereocenters. The largest absolute Gasteiger partial charge is 0.398 e. The van der Waals surface area contributed by atoms with Crippen molar-refractivity contribution in [1.82, 2.24) is 4.98 Å². The number of nitrogens with two attached hydrogens (primary N) is 1. The summed E-state index contributed by atoms with van der Waals surface area (Å²) in [5.74, 6) is 0. The van der Waals surface area contributed by atoms with E-state index in [1.54, 1.807) is 11.8 Å². The van der Waals surface area contributed by atoms with Crippen molar-refractivity contribution >= 4 is 33.4 Å². The van der Waals surface area contributed by atoms with Crippen LogP contribution in [0, 0.1) is 6.92 Å². The van der Waals surface area contributed by atoms with Crippen LogP contribution < -0.4 is 5.73 Å². The van der Waals surface area contributed by atoms with E-state index in [2.05, 4.69) is 20.9 Å². The Morgan fingerprint density at radius 2 is 2.00 bits per heavy atom. The van der Waals surface area contributed by atoms with Gasteiger partial charge in [0.05, 0.1) is 4.47 Å². The fourth-order valence-electron chi connectivity index (χ4n) is 1.26. The van der Waals surface area contributed by atoms with Crippen LogP contribution in [0.4, 0.5) is 5.69 Å². The van der Waals surface area contributed by atoms with Crippen LogP contribution in [0.2, 0.25) is 0 Å². The number of halogens is 1. The molecule has 2 rings (SSSR count). The topological polar surface area (TPSA) is 38.9 Å². The van der Waals surface area contributed by atoms with Crippen LogP contribution >= 0.6 is 27.7 Å². The summed E-state index contributed by atoms with van der Waals surface area (Å²) in [5, 5.41) is 0.943. The summed E-state index contributed by atoms with van der Waals surface area (Å²) < 4.78 is 1.03. The van der Waals surface area contributed by atoms with Crippen molar-refractivity contribution in [2.75, 3.05) is 5.73 Å². The number of rotatable bonds is 2. The van der Waals surface area contributed by atoms with E-state index < -0.39 is 0 Å². The molecule has 0 saturated carbocycles. The highest BCUT2D eigenvalue weighted by molar-refractivity contribution is 9.10. The SMILES string of the molecule is Cc1ccnc(Sc2ccccc2N)c1Br. The normalized spacial score (nSPS) is 10.4. The second-order valence-electron chi connectivity index (χ2n) is 3.39. The van der Waals surface area contributed by atoms with Gasteiger partial charge in [0.1, 0.15) is 5.03 Å². The molecule has 0 bridgehead atoms. The summed E-state index contributed by atoms with van der Waals surface area (Å²) in [4.78, 5) is 5.37.